The Balaban J connectivity index is 2.22. The molecular weight excluding hydrogens is 199 g/mol. The molecule has 1 aliphatic carbocycles. The van der Waals surface area contributed by atoms with Crippen molar-refractivity contribution in [3.63, 3.8) is 0 Å². The van der Waals surface area contributed by atoms with E-state index >= 15 is 0 Å². The van der Waals surface area contributed by atoms with Crippen molar-refractivity contribution in [2.75, 3.05) is 7.05 Å². The third-order valence-electron chi connectivity index (χ3n) is 3.06. The molecule has 0 bridgehead atoms. The van der Waals surface area contributed by atoms with Crippen molar-refractivity contribution in [3.8, 4) is 0 Å². The summed E-state index contributed by atoms with van der Waals surface area (Å²) in [5, 5.41) is 6.23. The van der Waals surface area contributed by atoms with Gasteiger partial charge in [-0.25, -0.2) is 9.37 Å². The number of aromatic nitrogens is 1. The maximum absolute atomic E-state index is 13.2. The first kappa shape index (κ1) is 10.1. The van der Waals surface area contributed by atoms with Crippen LogP contribution in [-0.2, 0) is 0 Å². The molecule has 3 unspecified atom stereocenters. The SMILES string of the molecule is CNC(c1csc(C)n1)C1(C)CC1F. The van der Waals surface area contributed by atoms with Gasteiger partial charge in [-0.2, -0.15) is 0 Å². The van der Waals surface area contributed by atoms with Crippen LogP contribution in [0, 0.1) is 12.3 Å². The molecule has 2 rings (SSSR count). The first-order valence-electron chi connectivity index (χ1n) is 4.81. The van der Waals surface area contributed by atoms with Crippen LogP contribution in [0.2, 0.25) is 0 Å². The molecule has 0 aliphatic heterocycles. The van der Waals surface area contributed by atoms with Crippen LogP contribution < -0.4 is 5.32 Å². The van der Waals surface area contributed by atoms with Crippen LogP contribution >= 0.6 is 11.3 Å². The molecule has 1 N–H and O–H groups in total. The van der Waals surface area contributed by atoms with Gasteiger partial charge in [-0.3, -0.25) is 0 Å². The van der Waals surface area contributed by atoms with Gasteiger partial charge in [0.1, 0.15) is 6.17 Å². The Morgan fingerprint density at radius 3 is 2.79 bits per heavy atom. The number of rotatable bonds is 3. The number of hydrogen-bond acceptors (Lipinski definition) is 3. The van der Waals surface area contributed by atoms with Crippen molar-refractivity contribution in [2.45, 2.75) is 32.5 Å². The first-order chi connectivity index (χ1) is 6.58. The molecule has 1 aliphatic rings. The van der Waals surface area contributed by atoms with Crippen molar-refractivity contribution in [1.29, 1.82) is 0 Å². The van der Waals surface area contributed by atoms with E-state index in [1.807, 2.05) is 26.3 Å². The lowest BCUT2D eigenvalue weighted by Crippen LogP contribution is -2.26. The maximum Gasteiger partial charge on any atom is 0.108 e. The standard InChI is InChI=1S/C10H15FN2S/c1-6-13-7(5-14-6)9(12-3)10(2)4-8(10)11/h5,8-9,12H,4H2,1-3H3. The molecular formula is C10H15FN2S. The molecule has 78 valence electrons. The van der Waals surface area contributed by atoms with Crippen molar-refractivity contribution >= 4 is 11.3 Å². The van der Waals surface area contributed by atoms with Crippen molar-refractivity contribution in [2.24, 2.45) is 5.41 Å². The number of nitrogens with zero attached hydrogens (tertiary/aromatic N) is 1. The highest BCUT2D eigenvalue weighted by Crippen LogP contribution is 2.56. The Morgan fingerprint density at radius 1 is 1.79 bits per heavy atom. The van der Waals surface area contributed by atoms with Gasteiger partial charge in [-0.05, 0) is 20.4 Å². The summed E-state index contributed by atoms with van der Waals surface area (Å²) in [5.74, 6) is 0. The highest BCUT2D eigenvalue weighted by Gasteiger charge is 2.56. The molecule has 4 heteroatoms. The normalized spacial score (nSPS) is 33.0. The van der Waals surface area contributed by atoms with Gasteiger partial charge in [0.05, 0.1) is 16.7 Å². The monoisotopic (exact) mass is 214 g/mol. The van der Waals surface area contributed by atoms with E-state index in [0.29, 0.717) is 6.42 Å². The lowest BCUT2D eigenvalue weighted by molar-refractivity contribution is 0.300. The zero-order valence-corrected chi connectivity index (χ0v) is 9.49. The minimum Gasteiger partial charge on any atom is -0.311 e. The largest absolute Gasteiger partial charge is 0.311 e. The second-order valence-electron chi connectivity index (χ2n) is 4.19. The minimum atomic E-state index is -0.679. The summed E-state index contributed by atoms with van der Waals surface area (Å²) in [7, 11) is 1.87. The van der Waals surface area contributed by atoms with Gasteiger partial charge in [0.2, 0.25) is 0 Å². The average molecular weight is 214 g/mol. The van der Waals surface area contributed by atoms with Crippen LogP contribution in [0.4, 0.5) is 4.39 Å². The van der Waals surface area contributed by atoms with E-state index in [4.69, 9.17) is 0 Å². The quantitative estimate of drug-likeness (QED) is 0.836. The average Bonchev–Trinajstić information content (AvgIpc) is 2.57. The molecule has 1 fully saturated rings. The van der Waals surface area contributed by atoms with Gasteiger partial charge in [0.25, 0.3) is 0 Å². The maximum atomic E-state index is 13.2. The van der Waals surface area contributed by atoms with Gasteiger partial charge in [0.15, 0.2) is 0 Å². The zero-order chi connectivity index (χ0) is 10.3. The van der Waals surface area contributed by atoms with Crippen molar-refractivity contribution in [3.05, 3.63) is 16.1 Å². The summed E-state index contributed by atoms with van der Waals surface area (Å²) >= 11 is 1.62. The predicted molar refractivity (Wildman–Crippen MR) is 56.3 cm³/mol. The highest BCUT2D eigenvalue weighted by molar-refractivity contribution is 7.09. The van der Waals surface area contributed by atoms with Crippen molar-refractivity contribution < 1.29 is 4.39 Å². The van der Waals surface area contributed by atoms with E-state index in [2.05, 4.69) is 10.3 Å². The minimum absolute atomic E-state index is 0.0578. The number of thiazole rings is 1. The van der Waals surface area contributed by atoms with Gasteiger partial charge >= 0.3 is 0 Å². The predicted octanol–water partition coefficient (Wildman–Crippen LogP) is 2.46. The molecule has 1 aromatic heterocycles. The third kappa shape index (κ3) is 1.46. The summed E-state index contributed by atoms with van der Waals surface area (Å²) in [6, 6.07) is 0.0578. The van der Waals surface area contributed by atoms with E-state index in [-0.39, 0.29) is 11.5 Å². The van der Waals surface area contributed by atoms with Crippen molar-refractivity contribution in [1.82, 2.24) is 10.3 Å². The van der Waals surface area contributed by atoms with E-state index < -0.39 is 6.17 Å². The van der Waals surface area contributed by atoms with Crippen LogP contribution in [0.5, 0.6) is 0 Å². The van der Waals surface area contributed by atoms with E-state index in [9.17, 15) is 4.39 Å². The fourth-order valence-electron chi connectivity index (χ4n) is 1.95. The summed E-state index contributed by atoms with van der Waals surface area (Å²) in [6.07, 6.45) is -0.0308. The summed E-state index contributed by atoms with van der Waals surface area (Å²) < 4.78 is 13.2. The number of hydrogen-bond donors (Lipinski definition) is 1. The molecule has 3 atom stereocenters. The Hall–Kier alpha value is -0.480. The fourth-order valence-corrected chi connectivity index (χ4v) is 2.59. The molecule has 0 amide bonds. The second kappa shape index (κ2) is 3.28. The number of alkyl halides is 1. The molecule has 1 aromatic rings. The smallest absolute Gasteiger partial charge is 0.108 e. The Labute approximate surface area is 87.6 Å². The van der Waals surface area contributed by atoms with Crippen LogP contribution in [0.3, 0.4) is 0 Å². The summed E-state index contributed by atoms with van der Waals surface area (Å²) in [4.78, 5) is 4.41. The number of aryl methyl sites for hydroxylation is 1. The molecule has 14 heavy (non-hydrogen) atoms. The van der Waals surface area contributed by atoms with E-state index in [0.717, 1.165) is 10.7 Å². The molecule has 0 aromatic carbocycles. The topological polar surface area (TPSA) is 24.9 Å². The summed E-state index contributed by atoms with van der Waals surface area (Å²) in [6.45, 7) is 3.95. The van der Waals surface area contributed by atoms with Crippen LogP contribution in [0.1, 0.15) is 30.1 Å². The molecule has 1 saturated carbocycles. The van der Waals surface area contributed by atoms with Crippen LogP contribution in [0.25, 0.3) is 0 Å². The van der Waals surface area contributed by atoms with Crippen LogP contribution in [0.15, 0.2) is 5.38 Å². The Morgan fingerprint density at radius 2 is 2.43 bits per heavy atom. The lowest BCUT2D eigenvalue weighted by atomic mass is 9.96. The third-order valence-corrected chi connectivity index (χ3v) is 3.85. The summed E-state index contributed by atoms with van der Waals surface area (Å²) in [5.41, 5.74) is 0.743. The lowest BCUT2D eigenvalue weighted by Gasteiger charge is -2.20. The van der Waals surface area contributed by atoms with E-state index in [1.165, 1.54) is 0 Å². The van der Waals surface area contributed by atoms with Gasteiger partial charge in [-0.1, -0.05) is 6.92 Å². The van der Waals surface area contributed by atoms with Crippen LogP contribution in [-0.4, -0.2) is 18.2 Å². The van der Waals surface area contributed by atoms with E-state index in [1.54, 1.807) is 11.3 Å². The number of halogens is 1. The zero-order valence-electron chi connectivity index (χ0n) is 8.67. The molecule has 0 radical (unpaired) electrons. The Kier molecular flexibility index (Phi) is 2.35. The number of nitrogens with one attached hydrogen (secondary N) is 1. The second-order valence-corrected chi connectivity index (χ2v) is 5.25. The Bertz CT molecular complexity index is 339. The molecule has 0 saturated heterocycles. The van der Waals surface area contributed by atoms with Gasteiger partial charge < -0.3 is 5.32 Å². The first-order valence-corrected chi connectivity index (χ1v) is 5.69. The molecule has 2 nitrogen and oxygen atoms in total. The fraction of sp³-hybridized carbons (Fsp3) is 0.700. The van der Waals surface area contributed by atoms with Gasteiger partial charge in [-0.15, -0.1) is 11.3 Å². The molecule has 0 spiro atoms. The molecule has 1 heterocycles. The highest BCUT2D eigenvalue weighted by atomic mass is 32.1. The van der Waals surface area contributed by atoms with Gasteiger partial charge in [0, 0.05) is 10.8 Å².